The van der Waals surface area contributed by atoms with E-state index in [4.69, 9.17) is 24.3 Å². The number of alkyl halides is 2. The first-order valence-electron chi connectivity index (χ1n) is 13.3. The number of halogens is 2. The monoisotopic (exact) mass is 605 g/mol. The predicted molar refractivity (Wildman–Crippen MR) is 164 cm³/mol. The number of rotatable bonds is 14. The molecule has 0 radical (unpaired) electrons. The number of para-hydroxylation sites is 1. The number of hydrogen-bond acceptors (Lipinski definition) is 11. The minimum Gasteiger partial charge on any atom is -0.462 e. The first-order chi connectivity index (χ1) is 19.5. The number of nitrogens with zero attached hydrogens (tertiary/aromatic N) is 3. The molecule has 0 amide bonds. The maximum atomic E-state index is 16.6. The van der Waals surface area contributed by atoms with Gasteiger partial charge in [0.05, 0.1) is 28.8 Å². The van der Waals surface area contributed by atoms with Gasteiger partial charge in [-0.2, -0.15) is 5.09 Å². The van der Waals surface area contributed by atoms with Gasteiger partial charge in [0.2, 0.25) is 11.8 Å². The van der Waals surface area contributed by atoms with Crippen molar-refractivity contribution < 1.29 is 41.8 Å². The summed E-state index contributed by atoms with van der Waals surface area (Å²) >= 11 is 0. The molecule has 1 aliphatic heterocycles. The molecular weight excluding hydrogens is 570 g/mol. The molecule has 3 rings (SSSR count). The smallest absolute Gasteiger partial charge is 0.458 e. The number of aromatic nitrogens is 2. The third kappa shape index (κ3) is 7.59. The van der Waals surface area contributed by atoms with Crippen molar-refractivity contribution in [2.75, 3.05) is 19.0 Å². The highest BCUT2D eigenvalue weighted by atomic mass is 31.2. The lowest BCUT2D eigenvalue weighted by Crippen LogP contribution is -2.60. The van der Waals surface area contributed by atoms with Crippen molar-refractivity contribution in [1.82, 2.24) is 15.1 Å². The lowest BCUT2D eigenvalue weighted by molar-refractivity contribution is -0.240. The molecule has 1 aromatic heterocycles. The Hall–Kier alpha value is -2.77. The predicted octanol–water partition coefficient (Wildman–Crippen LogP) is -1.86. The molecule has 5 atom stereocenters. The third-order valence-electron chi connectivity index (χ3n) is 6.47. The Morgan fingerprint density at radius 1 is 1.21 bits per heavy atom. The summed E-state index contributed by atoms with van der Waals surface area (Å²) in [5.74, 6) is -4.89. The Morgan fingerprint density at radius 3 is 2.43 bits per heavy atom. The van der Waals surface area contributed by atoms with E-state index < -0.39 is 62.4 Å². The number of hydrogen-bond donors (Lipinski definition) is 3. The fraction of sp³-hybridized carbons (Fsp3) is 0.478. The summed E-state index contributed by atoms with van der Waals surface area (Å²) in [4.78, 5) is 25.1. The van der Waals surface area contributed by atoms with Crippen molar-refractivity contribution in [3.63, 3.8) is 0 Å². The average Bonchev–Trinajstić information content (AvgIpc) is 3.22. The summed E-state index contributed by atoms with van der Waals surface area (Å²) in [6, 6.07) is 6.62. The molecule has 0 bridgehead atoms. The second kappa shape index (κ2) is 13.3. The fourth-order valence-corrected chi connectivity index (χ4v) is 6.20. The van der Waals surface area contributed by atoms with Crippen molar-refractivity contribution in [3.05, 3.63) is 36.0 Å². The van der Waals surface area contributed by atoms with Gasteiger partial charge in [0.25, 0.3) is 0 Å². The number of benzene rings is 1. The summed E-state index contributed by atoms with van der Waals surface area (Å²) in [6.45, 7) is 2.10. The van der Waals surface area contributed by atoms with Crippen LogP contribution < -0.4 is 20.9 Å². The Morgan fingerprint density at radius 2 is 1.86 bits per heavy atom. The van der Waals surface area contributed by atoms with Crippen LogP contribution in [0.25, 0.3) is 0 Å². The summed E-state index contributed by atoms with van der Waals surface area (Å²) in [7, 11) is 0.921. The van der Waals surface area contributed by atoms with Crippen LogP contribution in [0.15, 0.2) is 35.3 Å². The van der Waals surface area contributed by atoms with Crippen molar-refractivity contribution >= 4 is 67.9 Å². The molecule has 19 heteroatoms. The number of nitrogens with one attached hydrogen (secondary N) is 1. The van der Waals surface area contributed by atoms with E-state index in [1.165, 1.54) is 19.1 Å². The van der Waals surface area contributed by atoms with E-state index in [0.29, 0.717) is 16.9 Å². The van der Waals surface area contributed by atoms with E-state index in [1.807, 2.05) is 0 Å². The molecule has 2 heterocycles. The summed E-state index contributed by atoms with van der Waals surface area (Å²) in [6.07, 6.45) is -2.02. The van der Waals surface area contributed by atoms with Crippen LogP contribution in [0.4, 0.5) is 20.4 Å². The molecule has 4 unspecified atom stereocenters. The molecule has 0 aliphatic carbocycles. The van der Waals surface area contributed by atoms with Crippen LogP contribution in [0.1, 0.15) is 32.4 Å². The van der Waals surface area contributed by atoms with Crippen molar-refractivity contribution in [1.29, 1.82) is 0 Å². The minimum absolute atomic E-state index is 0.0756. The molecule has 2 aromatic rings. The zero-order valence-electron chi connectivity index (χ0n) is 24.6. The molecule has 1 aliphatic rings. The van der Waals surface area contributed by atoms with Crippen molar-refractivity contribution in [2.45, 2.75) is 56.2 Å². The molecular formula is C23H34B4F2N5O7P. The fourth-order valence-electron chi connectivity index (χ4n) is 4.34. The Labute approximate surface area is 246 Å². The number of aliphatic hydroxyl groups is 1. The van der Waals surface area contributed by atoms with Gasteiger partial charge in [-0.05, 0) is 38.5 Å². The second-order valence-electron chi connectivity index (χ2n) is 10.7. The van der Waals surface area contributed by atoms with Crippen molar-refractivity contribution in [3.8, 4) is 5.75 Å². The minimum atomic E-state index is -4.62. The van der Waals surface area contributed by atoms with E-state index in [2.05, 4.69) is 20.0 Å². The number of carbonyl (C=O) groups excluding carboxylic acids is 1. The number of carbonyl (C=O) groups is 1. The zero-order chi connectivity index (χ0) is 31.5. The van der Waals surface area contributed by atoms with Crippen molar-refractivity contribution in [2.24, 2.45) is 4.99 Å². The van der Waals surface area contributed by atoms with Gasteiger partial charge in [-0.3, -0.25) is 14.3 Å². The summed E-state index contributed by atoms with van der Waals surface area (Å²) in [5, 5.41) is 10.4. The number of aliphatic hydroxyl groups excluding tert-OH is 1. The number of aliphatic imine (C=N–C) groups is 1. The number of nitrogen functional groups attached to an aromatic ring is 1. The SMILES string of the molecule is BC1=Nc2c(B)nc(N)nc2C1C(CF)O[C@@](F)(CO)C(B)(B)OP(=O)(NC(C)C(=O)OC(C)C)Oc1ccccc1. The number of fused-ring (bicyclic) bond motifs is 1. The highest BCUT2D eigenvalue weighted by Gasteiger charge is 2.55. The summed E-state index contributed by atoms with van der Waals surface area (Å²) in [5.41, 5.74) is 7.23. The lowest BCUT2D eigenvalue weighted by Gasteiger charge is -2.43. The van der Waals surface area contributed by atoms with E-state index >= 15 is 4.39 Å². The van der Waals surface area contributed by atoms with Crippen LogP contribution in [0, 0.1) is 0 Å². The topological polar surface area (TPSA) is 167 Å². The molecule has 12 nitrogen and oxygen atoms in total. The van der Waals surface area contributed by atoms with Gasteiger partial charge >= 0.3 is 13.7 Å². The van der Waals surface area contributed by atoms with E-state index in [0.717, 1.165) is 15.7 Å². The van der Waals surface area contributed by atoms with Crippen LogP contribution in [-0.4, -0.2) is 101 Å². The third-order valence-corrected chi connectivity index (χ3v) is 8.33. The quantitative estimate of drug-likeness (QED) is 0.126. The molecule has 1 aromatic carbocycles. The molecule has 224 valence electrons. The van der Waals surface area contributed by atoms with Crippen LogP contribution >= 0.6 is 7.75 Å². The highest BCUT2D eigenvalue weighted by molar-refractivity contribution is 7.52. The first-order valence-corrected chi connectivity index (χ1v) is 14.9. The highest BCUT2D eigenvalue weighted by Crippen LogP contribution is 2.50. The molecule has 42 heavy (non-hydrogen) atoms. The van der Waals surface area contributed by atoms with Gasteiger partial charge in [-0.1, -0.05) is 18.2 Å². The maximum Gasteiger partial charge on any atom is 0.458 e. The molecule has 0 spiro atoms. The largest absolute Gasteiger partial charge is 0.462 e. The van der Waals surface area contributed by atoms with Crippen LogP contribution in [-0.2, 0) is 23.4 Å². The van der Waals surface area contributed by atoms with Gasteiger partial charge in [-0.25, -0.2) is 23.3 Å². The van der Waals surface area contributed by atoms with Gasteiger partial charge in [-0.15, -0.1) is 0 Å². The molecule has 0 fully saturated rings. The number of anilines is 1. The van der Waals surface area contributed by atoms with Crippen LogP contribution in [0.3, 0.4) is 0 Å². The molecule has 0 saturated carbocycles. The molecule has 4 N–H and O–H groups in total. The van der Waals surface area contributed by atoms with E-state index in [-0.39, 0.29) is 17.4 Å². The van der Waals surface area contributed by atoms with E-state index in [9.17, 15) is 18.9 Å². The normalized spacial score (nSPS) is 19.2. The second-order valence-corrected chi connectivity index (χ2v) is 12.3. The Balaban J connectivity index is 1.94. The maximum absolute atomic E-state index is 16.6. The Kier molecular flexibility index (Phi) is 10.6. The first kappa shape index (κ1) is 33.7. The van der Waals surface area contributed by atoms with E-state index in [1.54, 1.807) is 47.7 Å². The van der Waals surface area contributed by atoms with Crippen LogP contribution in [0.5, 0.6) is 5.75 Å². The standard InChI is InChI=1S/C23H34B4F2N5O7P/c1-11(2)38-20(36)12(3)34-42(37,40-13-7-5-4-6-8-13)41-23(26,27)22(29,10-35)39-14(9-28)15-16-17(31-18(15)24)19(25)33-21(30)32-16/h4-8,11-12,14-15,35H,9-10,24-27H2,1-3H3,(H,34,37)(H2,30,32,33)/t12?,14?,15?,22-,42?/m0/s1. The Bertz CT molecular complexity index is 1360. The van der Waals surface area contributed by atoms with Crippen LogP contribution in [0.2, 0.25) is 0 Å². The number of nitrogens with two attached hydrogens (primary N) is 1. The lowest BCUT2D eigenvalue weighted by atomic mass is 9.60. The van der Waals surface area contributed by atoms with Gasteiger partial charge < -0.3 is 24.8 Å². The van der Waals surface area contributed by atoms with Gasteiger partial charge in [0.1, 0.15) is 46.9 Å². The van der Waals surface area contributed by atoms with Gasteiger partial charge in [0, 0.05) is 5.59 Å². The number of ether oxygens (including phenoxy) is 2. The zero-order valence-corrected chi connectivity index (χ0v) is 25.5. The number of esters is 1. The van der Waals surface area contributed by atoms with Gasteiger partial charge in [0.15, 0.2) is 15.7 Å². The summed E-state index contributed by atoms with van der Waals surface area (Å²) < 4.78 is 67.3. The average molecular weight is 605 g/mol. The molecule has 0 saturated heterocycles.